The third kappa shape index (κ3) is 7.65. The lowest BCUT2D eigenvalue weighted by atomic mass is 10.1. The molecule has 0 saturated heterocycles. The van der Waals surface area contributed by atoms with E-state index < -0.39 is 72.2 Å². The zero-order valence-electron chi connectivity index (χ0n) is 16.6. The Morgan fingerprint density at radius 2 is 1.52 bits per heavy atom. The molecule has 1 aromatic rings. The second-order valence-electron chi connectivity index (χ2n) is 7.28. The van der Waals surface area contributed by atoms with Gasteiger partial charge in [-0.15, -0.1) is 0 Å². The molecule has 0 bridgehead atoms. The number of alkyl halides is 4. The number of esters is 1. The molecule has 31 heavy (non-hydrogen) atoms. The van der Waals surface area contributed by atoms with Crippen molar-refractivity contribution in [2.24, 2.45) is 0 Å². The number of thiol groups is 1. The maximum atomic E-state index is 13.4. The number of nitrogens with one attached hydrogen (secondary N) is 1. The molecular weight excluding hydrogens is 474 g/mol. The predicted octanol–water partition coefficient (Wildman–Crippen LogP) is 1.90. The molecule has 0 aliphatic heterocycles. The lowest BCUT2D eigenvalue weighted by molar-refractivity contribution is 0.00684. The van der Waals surface area contributed by atoms with Crippen molar-refractivity contribution in [3.8, 4) is 5.75 Å². The number of hydrogen-bond acceptors (Lipinski definition) is 8. The van der Waals surface area contributed by atoms with Crippen LogP contribution in [0.4, 0.5) is 17.6 Å². The van der Waals surface area contributed by atoms with Gasteiger partial charge in [0.2, 0.25) is 10.7 Å². The first kappa shape index (κ1) is 26.6. The van der Waals surface area contributed by atoms with E-state index in [1.165, 1.54) is 20.8 Å². The van der Waals surface area contributed by atoms with Crippen molar-refractivity contribution in [2.75, 3.05) is 6.54 Å². The zero-order chi connectivity index (χ0) is 24.4. The van der Waals surface area contributed by atoms with Gasteiger partial charge in [-0.25, -0.2) is 22.0 Å². The Balaban J connectivity index is 3.45. The summed E-state index contributed by atoms with van der Waals surface area (Å²) in [5.74, 6) is -6.72. The summed E-state index contributed by atoms with van der Waals surface area (Å²) >= 11 is 0. The fraction of sp³-hybridized carbons (Fsp3) is 0.500. The Kier molecular flexibility index (Phi) is 7.71. The predicted molar refractivity (Wildman–Crippen MR) is 99.4 cm³/mol. The van der Waals surface area contributed by atoms with Crippen LogP contribution in [0.2, 0.25) is 0 Å². The third-order valence-electron chi connectivity index (χ3n) is 3.08. The average Bonchev–Trinajstić information content (AvgIpc) is 2.56. The lowest BCUT2D eigenvalue weighted by Crippen LogP contribution is -2.35. The van der Waals surface area contributed by atoms with Crippen LogP contribution < -0.4 is 9.50 Å². The number of rotatable bonds is 8. The largest absolute Gasteiger partial charge is 0.479 e. The minimum atomic E-state index is -6.10. The molecule has 0 spiro atoms. The highest BCUT2D eigenvalue weighted by Gasteiger charge is 2.52. The summed E-state index contributed by atoms with van der Waals surface area (Å²) in [6.07, 6.45) is 0. The van der Waals surface area contributed by atoms with Gasteiger partial charge in [0, 0.05) is 12.5 Å². The topological polar surface area (TPSA) is 133 Å². The molecule has 0 atom stereocenters. The number of carbonyl (C=O) groups excluding carboxylic acids is 2. The van der Waals surface area contributed by atoms with Crippen LogP contribution in [-0.2, 0) is 25.6 Å². The molecular formula is C16H19F4NO8S2. The van der Waals surface area contributed by atoms with Gasteiger partial charge in [-0.3, -0.25) is 4.79 Å². The minimum absolute atomic E-state index is 0.498. The highest BCUT2D eigenvalue weighted by atomic mass is 32.3. The molecule has 0 heterocycles. The fourth-order valence-corrected chi connectivity index (χ4v) is 3.13. The third-order valence-corrected chi connectivity index (χ3v) is 5.64. The van der Waals surface area contributed by atoms with Gasteiger partial charge in [-0.2, -0.15) is 17.2 Å². The summed E-state index contributed by atoms with van der Waals surface area (Å²) in [5, 5.41) is 1.80. The van der Waals surface area contributed by atoms with Crippen molar-refractivity contribution in [3.05, 3.63) is 29.3 Å². The van der Waals surface area contributed by atoms with Crippen LogP contribution in [0.15, 0.2) is 18.2 Å². The standard InChI is InChI=1S/C16H19F4NO8S2/c1-14(2,3)28-13(23)10-5-9(12(22)21-8-15(4,17)18)6-11(7-10)29-31(26,27)16(19,20)30(24)25/h5-7,30H,8H2,1-4H3,(H,21,22). The van der Waals surface area contributed by atoms with Gasteiger partial charge in [0.05, 0.1) is 12.1 Å². The Labute approximate surface area is 176 Å². The van der Waals surface area contributed by atoms with Crippen molar-refractivity contribution >= 4 is 32.7 Å². The molecule has 0 aliphatic rings. The number of amides is 1. The fourth-order valence-electron chi connectivity index (χ4n) is 1.84. The molecule has 1 N–H and O–H groups in total. The summed E-state index contributed by atoms with van der Waals surface area (Å²) in [6, 6.07) is 1.97. The van der Waals surface area contributed by atoms with E-state index >= 15 is 0 Å². The Morgan fingerprint density at radius 3 is 1.97 bits per heavy atom. The molecule has 0 aliphatic carbocycles. The number of hydrogen-bond donors (Lipinski definition) is 2. The van der Waals surface area contributed by atoms with Crippen molar-refractivity contribution in [2.45, 2.75) is 43.8 Å². The van der Waals surface area contributed by atoms with Crippen LogP contribution in [0.1, 0.15) is 48.4 Å². The van der Waals surface area contributed by atoms with Crippen LogP contribution in [0.3, 0.4) is 0 Å². The Bertz CT molecular complexity index is 1030. The SMILES string of the molecule is CC(F)(F)CNC(=O)c1cc(OS(=O)(=O)C(F)(F)[SH](=O)=O)cc(C(=O)OC(C)(C)C)c1. The molecule has 1 aromatic carbocycles. The van der Waals surface area contributed by atoms with Crippen molar-refractivity contribution in [1.29, 1.82) is 0 Å². The number of carbonyl (C=O) groups is 2. The second-order valence-corrected chi connectivity index (χ2v) is 10.2. The normalized spacial score (nSPS) is 13.1. The van der Waals surface area contributed by atoms with Crippen molar-refractivity contribution in [3.63, 3.8) is 0 Å². The highest BCUT2D eigenvalue weighted by molar-refractivity contribution is 8.00. The maximum Gasteiger partial charge on any atom is 0.479 e. The van der Waals surface area contributed by atoms with Crippen molar-refractivity contribution < 1.29 is 52.9 Å². The Hall–Kier alpha value is -2.42. The second kappa shape index (κ2) is 8.98. The Morgan fingerprint density at radius 1 is 1.00 bits per heavy atom. The van der Waals surface area contributed by atoms with E-state index in [2.05, 4.69) is 4.18 Å². The molecule has 1 rings (SSSR count). The molecule has 0 saturated carbocycles. The van der Waals surface area contributed by atoms with Crippen LogP contribution in [0, 0.1) is 0 Å². The molecule has 15 heteroatoms. The summed E-state index contributed by atoms with van der Waals surface area (Å²) in [7, 11) is -10.9. The van der Waals surface area contributed by atoms with E-state index in [0.29, 0.717) is 19.1 Å². The molecule has 1 amide bonds. The van der Waals surface area contributed by atoms with Gasteiger partial charge in [0.1, 0.15) is 11.4 Å². The number of ether oxygens (including phenoxy) is 1. The van der Waals surface area contributed by atoms with Crippen LogP contribution in [-0.4, -0.2) is 51.4 Å². The lowest BCUT2D eigenvalue weighted by Gasteiger charge is -2.20. The van der Waals surface area contributed by atoms with Gasteiger partial charge < -0.3 is 14.2 Å². The van der Waals surface area contributed by atoms with Crippen LogP contribution >= 0.6 is 0 Å². The van der Waals surface area contributed by atoms with Gasteiger partial charge in [0.15, 0.2) is 0 Å². The van der Waals surface area contributed by atoms with Crippen LogP contribution in [0.5, 0.6) is 5.75 Å². The van der Waals surface area contributed by atoms with Gasteiger partial charge in [-0.05, 0) is 39.0 Å². The monoisotopic (exact) mass is 493 g/mol. The molecule has 176 valence electrons. The van der Waals surface area contributed by atoms with E-state index in [0.717, 1.165) is 6.07 Å². The maximum absolute atomic E-state index is 13.4. The van der Waals surface area contributed by atoms with E-state index in [1.54, 1.807) is 5.32 Å². The van der Waals surface area contributed by atoms with Gasteiger partial charge in [-0.1, -0.05) is 0 Å². The first-order valence-corrected chi connectivity index (χ1v) is 10.8. The summed E-state index contributed by atoms with van der Waals surface area (Å²) in [4.78, 5) is 24.4. The smallest absolute Gasteiger partial charge is 0.456 e. The van der Waals surface area contributed by atoms with E-state index in [9.17, 15) is 44.0 Å². The minimum Gasteiger partial charge on any atom is -0.456 e. The first-order valence-electron chi connectivity index (χ1n) is 8.26. The van der Waals surface area contributed by atoms with Gasteiger partial charge >= 0.3 is 20.7 Å². The summed E-state index contributed by atoms with van der Waals surface area (Å²) < 4.78 is 101. The number of halogens is 4. The molecule has 0 unspecified atom stereocenters. The molecule has 9 nitrogen and oxygen atoms in total. The van der Waals surface area contributed by atoms with Gasteiger partial charge in [0.25, 0.3) is 11.8 Å². The summed E-state index contributed by atoms with van der Waals surface area (Å²) in [6.45, 7) is 3.78. The van der Waals surface area contributed by atoms with Crippen molar-refractivity contribution in [1.82, 2.24) is 5.32 Å². The van der Waals surface area contributed by atoms with E-state index in [4.69, 9.17) is 4.74 Å². The summed E-state index contributed by atoms with van der Waals surface area (Å²) in [5.41, 5.74) is -2.22. The average molecular weight is 493 g/mol. The quantitative estimate of drug-likeness (QED) is 0.243. The highest BCUT2D eigenvalue weighted by Crippen LogP contribution is 2.28. The van der Waals surface area contributed by atoms with Crippen LogP contribution in [0.25, 0.3) is 0 Å². The van der Waals surface area contributed by atoms with E-state index in [1.807, 2.05) is 0 Å². The first-order chi connectivity index (χ1) is 13.7. The van der Waals surface area contributed by atoms with E-state index in [-0.39, 0.29) is 0 Å². The number of benzene rings is 1. The zero-order valence-corrected chi connectivity index (χ0v) is 18.3. The molecule has 0 radical (unpaired) electrons. The molecule has 0 aromatic heterocycles. The molecule has 0 fully saturated rings.